The number of allylic oxidation sites excluding steroid dienone is 22. The Balaban J connectivity index is 3.50. The van der Waals surface area contributed by atoms with Crippen molar-refractivity contribution in [3.05, 3.63) is 134 Å². The van der Waals surface area contributed by atoms with Crippen molar-refractivity contribution in [3.8, 4) is 0 Å². The van der Waals surface area contributed by atoms with E-state index >= 15 is 0 Å². The first kappa shape index (κ1) is 84.0. The molecule has 1 atom stereocenters. The molecule has 0 aliphatic carbocycles. The Morgan fingerprint density at radius 1 is 0.273 bits per heavy atom. The topological polar surface area (TPSA) is 72.8 Å². The third-order valence-corrected chi connectivity index (χ3v) is 16.4. The minimum atomic E-state index is -0.786. The molecule has 0 rings (SSSR count). The fraction of sp³-hybridized carbons (Fsp3) is 0.711. The third kappa shape index (κ3) is 74.5. The maximum absolute atomic E-state index is 12.4. The molecule has 0 saturated heterocycles. The van der Waals surface area contributed by atoms with Crippen LogP contribution in [-0.2, 0) is 19.1 Å². The molecule has 5 nitrogen and oxygen atoms in total. The average Bonchev–Trinajstić information content (AvgIpc) is 3.54. The molecule has 0 aliphatic heterocycles. The lowest BCUT2D eigenvalue weighted by Gasteiger charge is -2.15. The predicted molar refractivity (Wildman–Crippen MR) is 389 cm³/mol. The lowest BCUT2D eigenvalue weighted by atomic mass is 10.0. The molecule has 0 spiro atoms. The number of hydrogen-bond donors (Lipinski definition) is 1. The van der Waals surface area contributed by atoms with Crippen LogP contribution in [0.15, 0.2) is 134 Å². The first-order chi connectivity index (χ1) is 43.6. The highest BCUT2D eigenvalue weighted by molar-refractivity contribution is 5.70. The van der Waals surface area contributed by atoms with Crippen molar-refractivity contribution in [2.45, 2.75) is 367 Å². The Hall–Kier alpha value is -3.96. The summed E-state index contributed by atoms with van der Waals surface area (Å²) < 4.78 is 10.8. The van der Waals surface area contributed by atoms with Crippen LogP contribution in [0.5, 0.6) is 0 Å². The van der Waals surface area contributed by atoms with Gasteiger partial charge in [-0.3, -0.25) is 9.59 Å². The summed E-state index contributed by atoms with van der Waals surface area (Å²) in [5.74, 6) is -0.593. The van der Waals surface area contributed by atoms with E-state index in [9.17, 15) is 14.7 Å². The fourth-order valence-corrected chi connectivity index (χ4v) is 10.8. The van der Waals surface area contributed by atoms with Crippen molar-refractivity contribution in [3.63, 3.8) is 0 Å². The molecule has 0 amide bonds. The lowest BCUT2D eigenvalue weighted by molar-refractivity contribution is -0.161. The van der Waals surface area contributed by atoms with Crippen LogP contribution >= 0.6 is 0 Å². The Morgan fingerprint density at radius 2 is 0.489 bits per heavy atom. The number of carbonyl (C=O) groups excluding carboxylic acids is 2. The second-order valence-corrected chi connectivity index (χ2v) is 25.0. The molecule has 0 aromatic heterocycles. The maximum Gasteiger partial charge on any atom is 0.306 e. The number of esters is 2. The second-order valence-electron chi connectivity index (χ2n) is 25.0. The highest BCUT2D eigenvalue weighted by Crippen LogP contribution is 2.18. The van der Waals surface area contributed by atoms with Crippen molar-refractivity contribution >= 4 is 11.9 Å². The number of aliphatic hydroxyl groups is 1. The van der Waals surface area contributed by atoms with E-state index in [1.807, 2.05) is 0 Å². The van der Waals surface area contributed by atoms with Gasteiger partial charge in [0, 0.05) is 12.8 Å². The zero-order chi connectivity index (χ0) is 63.3. The van der Waals surface area contributed by atoms with E-state index in [4.69, 9.17) is 9.47 Å². The highest BCUT2D eigenvalue weighted by atomic mass is 16.6. The van der Waals surface area contributed by atoms with Crippen molar-refractivity contribution in [2.24, 2.45) is 0 Å². The van der Waals surface area contributed by atoms with Gasteiger partial charge < -0.3 is 14.6 Å². The zero-order valence-electron chi connectivity index (χ0n) is 58.0. The summed E-state index contributed by atoms with van der Waals surface area (Å²) >= 11 is 0. The molecule has 5 heteroatoms. The van der Waals surface area contributed by atoms with Crippen LogP contribution < -0.4 is 0 Å². The molecule has 0 heterocycles. The molecule has 0 aliphatic rings. The summed E-state index contributed by atoms with van der Waals surface area (Å²) in [6.45, 7) is 4.05. The van der Waals surface area contributed by atoms with Crippen molar-refractivity contribution in [1.82, 2.24) is 0 Å². The van der Waals surface area contributed by atoms with Crippen LogP contribution in [0.3, 0.4) is 0 Å². The van der Waals surface area contributed by atoms with Gasteiger partial charge in [0.05, 0.1) is 6.61 Å². The minimum Gasteiger partial charge on any atom is -0.462 e. The Bertz CT molecular complexity index is 1770. The van der Waals surface area contributed by atoms with Gasteiger partial charge in [0.1, 0.15) is 6.61 Å². The Labute approximate surface area is 546 Å². The summed E-state index contributed by atoms with van der Waals surface area (Å²) in [7, 11) is 0. The lowest BCUT2D eigenvalue weighted by Crippen LogP contribution is -2.28. The van der Waals surface area contributed by atoms with Gasteiger partial charge in [0.15, 0.2) is 6.10 Å². The van der Waals surface area contributed by atoms with Crippen LogP contribution in [0.25, 0.3) is 0 Å². The standard InChI is InChI=1S/C83H142O5/c1-3-5-7-9-11-13-15-17-19-21-23-25-27-29-31-33-35-37-39-40-41-42-44-46-48-50-52-54-56-58-60-62-64-66-68-70-72-74-76-78-83(86)88-81(79-84)80-87-82(85)77-75-73-71-69-67-65-63-61-59-57-55-53-51-49-47-45-43-38-36-34-32-30-28-26-24-22-20-18-16-14-12-10-8-6-4-2/h5,7,11,13,17,19,22-25,29,31,35,37,40-41,44,46,50,52,56,58,81,84H,3-4,6,8-10,12,14-16,18,20-21,26-28,30,32-34,36,38-39,42-43,45,47-49,51,53-55,57,59-80H2,1-2H3/b7-5-,13-11-,19-17-,24-22-,25-23-,31-29-,37-35-,41-40-,46-44-,52-50-,58-56-. The summed E-state index contributed by atoms with van der Waals surface area (Å²) in [6, 6.07) is 0. The van der Waals surface area contributed by atoms with Crippen LogP contribution in [0.1, 0.15) is 361 Å². The Morgan fingerprint density at radius 3 is 0.750 bits per heavy atom. The van der Waals surface area contributed by atoms with Crippen molar-refractivity contribution in [2.75, 3.05) is 13.2 Å². The third-order valence-electron chi connectivity index (χ3n) is 16.4. The molecule has 1 unspecified atom stereocenters. The number of hydrogen-bond acceptors (Lipinski definition) is 5. The highest BCUT2D eigenvalue weighted by Gasteiger charge is 2.16. The quantitative estimate of drug-likeness (QED) is 0.0373. The molecule has 1 N–H and O–H groups in total. The predicted octanol–water partition coefficient (Wildman–Crippen LogP) is 26.7. The summed E-state index contributed by atoms with van der Waals surface area (Å²) in [5.41, 5.74) is 0. The van der Waals surface area contributed by atoms with Crippen LogP contribution in [0.4, 0.5) is 0 Å². The number of unbranched alkanes of at least 4 members (excludes halogenated alkanes) is 39. The summed E-state index contributed by atoms with van der Waals surface area (Å²) in [6.07, 6.45) is 115. The van der Waals surface area contributed by atoms with Crippen LogP contribution in [0.2, 0.25) is 0 Å². The molecule has 0 aromatic carbocycles. The minimum absolute atomic E-state index is 0.0724. The molecule has 0 saturated carbocycles. The maximum atomic E-state index is 12.4. The van der Waals surface area contributed by atoms with E-state index in [0.29, 0.717) is 12.8 Å². The molecule has 88 heavy (non-hydrogen) atoms. The largest absolute Gasteiger partial charge is 0.462 e. The molecule has 0 fully saturated rings. The molecule has 0 aromatic rings. The Kier molecular flexibility index (Phi) is 73.8. The van der Waals surface area contributed by atoms with Gasteiger partial charge >= 0.3 is 11.9 Å². The van der Waals surface area contributed by atoms with Crippen LogP contribution in [-0.4, -0.2) is 36.4 Å². The SMILES string of the molecule is CC/C=C\C/C=C\C/C=C\C/C=C\C/C=C\C/C=C\C/C=C\C/C=C\C/C=C\C/C=C\CCCCCCCCCCC(=O)OC(CO)COC(=O)CCCCCCCCCCCCCCCCCCCCCCCCC/C=C\CCCCCCCCCC. The molecule has 0 bridgehead atoms. The number of carbonyl (C=O) groups is 2. The van der Waals surface area contributed by atoms with Gasteiger partial charge in [0.25, 0.3) is 0 Å². The van der Waals surface area contributed by atoms with E-state index in [-0.39, 0.29) is 25.2 Å². The van der Waals surface area contributed by atoms with Gasteiger partial charge in [-0.05, 0) is 116 Å². The first-order valence-electron chi connectivity index (χ1n) is 37.7. The van der Waals surface area contributed by atoms with Gasteiger partial charge in [-0.15, -0.1) is 0 Å². The normalized spacial score (nSPS) is 13.0. The van der Waals surface area contributed by atoms with E-state index in [2.05, 4.69) is 148 Å². The van der Waals surface area contributed by atoms with E-state index < -0.39 is 6.10 Å². The second kappa shape index (κ2) is 77.3. The number of aliphatic hydroxyl groups excluding tert-OH is 1. The number of ether oxygens (including phenoxy) is 2. The summed E-state index contributed by atoms with van der Waals surface area (Å²) in [5, 5.41) is 9.72. The van der Waals surface area contributed by atoms with E-state index in [1.165, 1.54) is 225 Å². The molecular formula is C83H142O5. The van der Waals surface area contributed by atoms with Gasteiger partial charge in [-0.25, -0.2) is 0 Å². The average molecular weight is 1220 g/mol. The monoisotopic (exact) mass is 1220 g/mol. The van der Waals surface area contributed by atoms with Gasteiger partial charge in [-0.2, -0.15) is 0 Å². The summed E-state index contributed by atoms with van der Waals surface area (Å²) in [4.78, 5) is 24.7. The molecule has 504 valence electrons. The fourth-order valence-electron chi connectivity index (χ4n) is 10.8. The van der Waals surface area contributed by atoms with Crippen molar-refractivity contribution < 1.29 is 24.2 Å². The van der Waals surface area contributed by atoms with E-state index in [0.717, 1.165) is 109 Å². The zero-order valence-corrected chi connectivity index (χ0v) is 58.0. The van der Waals surface area contributed by atoms with Crippen LogP contribution in [0, 0.1) is 0 Å². The number of rotatable bonds is 69. The molecule has 0 radical (unpaired) electrons. The van der Waals surface area contributed by atoms with E-state index in [1.54, 1.807) is 0 Å². The van der Waals surface area contributed by atoms with Crippen molar-refractivity contribution in [1.29, 1.82) is 0 Å². The van der Waals surface area contributed by atoms with Gasteiger partial charge in [-0.1, -0.05) is 366 Å². The molecular weight excluding hydrogens is 1080 g/mol. The smallest absolute Gasteiger partial charge is 0.306 e. The first-order valence-corrected chi connectivity index (χ1v) is 37.7. The van der Waals surface area contributed by atoms with Gasteiger partial charge in [0.2, 0.25) is 0 Å².